The van der Waals surface area contributed by atoms with E-state index in [0.29, 0.717) is 5.88 Å². The van der Waals surface area contributed by atoms with E-state index in [4.69, 9.17) is 4.74 Å². The van der Waals surface area contributed by atoms with Gasteiger partial charge in [-0.1, -0.05) is 29.8 Å². The molecule has 0 aliphatic heterocycles. The maximum atomic E-state index is 10.9. The van der Waals surface area contributed by atoms with Gasteiger partial charge in [-0.15, -0.1) is 0 Å². The summed E-state index contributed by atoms with van der Waals surface area (Å²) < 4.78 is 9.67. The molecule has 0 spiro atoms. The van der Waals surface area contributed by atoms with Gasteiger partial charge in [0.15, 0.2) is 6.61 Å². The normalized spacial score (nSPS) is 10.0. The molecule has 0 saturated carbocycles. The van der Waals surface area contributed by atoms with Gasteiger partial charge >= 0.3 is 5.97 Å². The van der Waals surface area contributed by atoms with Gasteiger partial charge < -0.3 is 9.47 Å². The van der Waals surface area contributed by atoms with Crippen LogP contribution in [0, 0.1) is 6.92 Å². The maximum absolute atomic E-state index is 10.9. The number of aromatic nitrogens is 1. The van der Waals surface area contributed by atoms with E-state index in [0.717, 1.165) is 11.1 Å². The van der Waals surface area contributed by atoms with Crippen molar-refractivity contribution in [3.8, 4) is 17.0 Å². The quantitative estimate of drug-likeness (QED) is 0.790. The topological polar surface area (TPSA) is 48.4 Å². The van der Waals surface area contributed by atoms with Crippen molar-refractivity contribution in [2.45, 2.75) is 6.92 Å². The van der Waals surface area contributed by atoms with Crippen LogP contribution >= 0.6 is 0 Å². The minimum Gasteiger partial charge on any atom is -0.466 e. The molecule has 0 aliphatic carbocycles. The van der Waals surface area contributed by atoms with E-state index < -0.39 is 5.97 Å². The first-order valence-electron chi connectivity index (χ1n) is 5.92. The van der Waals surface area contributed by atoms with E-state index >= 15 is 0 Å². The number of pyridine rings is 1. The zero-order valence-electron chi connectivity index (χ0n) is 10.9. The standard InChI is InChI=1S/C15H15NO3/c1-11-3-5-12(6-4-11)13-7-8-14(16-9-13)19-10-15(17)18-2/h3-9H,10H2,1-2H3. The smallest absolute Gasteiger partial charge is 0.343 e. The number of rotatable bonds is 4. The number of aryl methyl sites for hydroxylation is 1. The van der Waals surface area contributed by atoms with Crippen molar-refractivity contribution in [3.63, 3.8) is 0 Å². The van der Waals surface area contributed by atoms with Gasteiger partial charge in [-0.05, 0) is 18.6 Å². The first kappa shape index (κ1) is 13.1. The first-order valence-corrected chi connectivity index (χ1v) is 5.92. The van der Waals surface area contributed by atoms with Gasteiger partial charge in [0.2, 0.25) is 5.88 Å². The molecule has 1 heterocycles. The van der Waals surface area contributed by atoms with Crippen LogP contribution < -0.4 is 4.74 Å². The van der Waals surface area contributed by atoms with Crippen molar-refractivity contribution >= 4 is 5.97 Å². The zero-order chi connectivity index (χ0) is 13.7. The molecule has 1 aromatic heterocycles. The highest BCUT2D eigenvalue weighted by atomic mass is 16.6. The number of hydrogen-bond donors (Lipinski definition) is 0. The fraction of sp³-hybridized carbons (Fsp3) is 0.200. The summed E-state index contributed by atoms with van der Waals surface area (Å²) in [6.07, 6.45) is 1.72. The number of hydrogen-bond acceptors (Lipinski definition) is 4. The third kappa shape index (κ3) is 3.55. The van der Waals surface area contributed by atoms with Crippen LogP contribution in [0.25, 0.3) is 11.1 Å². The minimum absolute atomic E-state index is 0.132. The number of methoxy groups -OCH3 is 1. The second kappa shape index (κ2) is 6.00. The van der Waals surface area contributed by atoms with Gasteiger partial charge in [0.05, 0.1) is 7.11 Å². The van der Waals surface area contributed by atoms with Crippen LogP contribution in [0.5, 0.6) is 5.88 Å². The molecule has 2 rings (SSSR count). The molecule has 0 aliphatic rings. The Morgan fingerprint density at radius 1 is 1.11 bits per heavy atom. The minimum atomic E-state index is -0.426. The van der Waals surface area contributed by atoms with Crippen LogP contribution in [0.3, 0.4) is 0 Å². The summed E-state index contributed by atoms with van der Waals surface area (Å²) in [4.78, 5) is 15.1. The van der Waals surface area contributed by atoms with E-state index in [1.807, 2.05) is 25.1 Å². The molecule has 4 heteroatoms. The molecule has 0 N–H and O–H groups in total. The zero-order valence-corrected chi connectivity index (χ0v) is 10.9. The van der Waals surface area contributed by atoms with Gasteiger partial charge in [0.1, 0.15) is 0 Å². The maximum Gasteiger partial charge on any atom is 0.343 e. The Morgan fingerprint density at radius 2 is 1.79 bits per heavy atom. The molecule has 0 saturated heterocycles. The fourth-order valence-electron chi connectivity index (χ4n) is 1.57. The van der Waals surface area contributed by atoms with Crippen LogP contribution in [0.1, 0.15) is 5.56 Å². The molecule has 0 fully saturated rings. The average molecular weight is 257 g/mol. The highest BCUT2D eigenvalue weighted by Crippen LogP contribution is 2.20. The number of benzene rings is 1. The molecule has 19 heavy (non-hydrogen) atoms. The lowest BCUT2D eigenvalue weighted by atomic mass is 10.1. The Labute approximate surface area is 112 Å². The Kier molecular flexibility index (Phi) is 4.13. The number of carbonyl (C=O) groups is 1. The summed E-state index contributed by atoms with van der Waals surface area (Å²) in [5.41, 5.74) is 3.32. The van der Waals surface area contributed by atoms with E-state index in [1.54, 1.807) is 12.3 Å². The Balaban J connectivity index is 2.06. The third-order valence-electron chi connectivity index (χ3n) is 2.69. The lowest BCUT2D eigenvalue weighted by molar-refractivity contribution is -0.143. The lowest BCUT2D eigenvalue weighted by Gasteiger charge is -2.05. The third-order valence-corrected chi connectivity index (χ3v) is 2.69. The van der Waals surface area contributed by atoms with Crippen LogP contribution in [-0.2, 0) is 9.53 Å². The van der Waals surface area contributed by atoms with Crippen LogP contribution in [0.2, 0.25) is 0 Å². The number of nitrogens with zero attached hydrogens (tertiary/aromatic N) is 1. The fourth-order valence-corrected chi connectivity index (χ4v) is 1.57. The Morgan fingerprint density at radius 3 is 2.37 bits per heavy atom. The molecule has 0 amide bonds. The molecular weight excluding hydrogens is 242 g/mol. The van der Waals surface area contributed by atoms with Crippen molar-refractivity contribution in [2.24, 2.45) is 0 Å². The van der Waals surface area contributed by atoms with Crippen molar-refractivity contribution in [1.29, 1.82) is 0 Å². The SMILES string of the molecule is COC(=O)COc1ccc(-c2ccc(C)cc2)cn1. The summed E-state index contributed by atoms with van der Waals surface area (Å²) in [7, 11) is 1.32. The molecule has 0 radical (unpaired) electrons. The van der Waals surface area contributed by atoms with Gasteiger partial charge in [0, 0.05) is 17.8 Å². The highest BCUT2D eigenvalue weighted by molar-refractivity contribution is 5.70. The van der Waals surface area contributed by atoms with Gasteiger partial charge in [-0.25, -0.2) is 9.78 Å². The second-order valence-electron chi connectivity index (χ2n) is 4.12. The van der Waals surface area contributed by atoms with Crippen LogP contribution in [0.15, 0.2) is 42.6 Å². The van der Waals surface area contributed by atoms with Crippen molar-refractivity contribution in [1.82, 2.24) is 4.98 Å². The van der Waals surface area contributed by atoms with E-state index in [-0.39, 0.29) is 6.61 Å². The van der Waals surface area contributed by atoms with Crippen molar-refractivity contribution < 1.29 is 14.3 Å². The van der Waals surface area contributed by atoms with Crippen LogP contribution in [-0.4, -0.2) is 24.7 Å². The largest absolute Gasteiger partial charge is 0.466 e. The second-order valence-corrected chi connectivity index (χ2v) is 4.12. The molecule has 0 atom stereocenters. The summed E-state index contributed by atoms with van der Waals surface area (Å²) in [5, 5.41) is 0. The number of ether oxygens (including phenoxy) is 2. The highest BCUT2D eigenvalue weighted by Gasteiger charge is 2.03. The van der Waals surface area contributed by atoms with Crippen molar-refractivity contribution in [3.05, 3.63) is 48.2 Å². The molecule has 2 aromatic rings. The predicted molar refractivity (Wildman–Crippen MR) is 71.9 cm³/mol. The van der Waals surface area contributed by atoms with Gasteiger partial charge in [0.25, 0.3) is 0 Å². The molecule has 4 nitrogen and oxygen atoms in total. The molecule has 0 bridgehead atoms. The average Bonchev–Trinajstić information content (AvgIpc) is 2.46. The molecular formula is C15H15NO3. The Hall–Kier alpha value is -2.36. The van der Waals surface area contributed by atoms with E-state index in [2.05, 4.69) is 21.9 Å². The van der Waals surface area contributed by atoms with Crippen molar-refractivity contribution in [2.75, 3.05) is 13.7 Å². The molecule has 98 valence electrons. The number of esters is 1. The summed E-state index contributed by atoms with van der Waals surface area (Å²) >= 11 is 0. The Bertz CT molecular complexity index is 547. The summed E-state index contributed by atoms with van der Waals surface area (Å²) in [6.45, 7) is 1.92. The number of carbonyl (C=O) groups excluding carboxylic acids is 1. The predicted octanol–water partition coefficient (Wildman–Crippen LogP) is 2.61. The monoisotopic (exact) mass is 257 g/mol. The van der Waals surface area contributed by atoms with Crippen LogP contribution in [0.4, 0.5) is 0 Å². The summed E-state index contributed by atoms with van der Waals surface area (Å²) in [5.74, 6) is -0.0225. The van der Waals surface area contributed by atoms with Gasteiger partial charge in [-0.3, -0.25) is 0 Å². The summed E-state index contributed by atoms with van der Waals surface area (Å²) in [6, 6.07) is 11.8. The lowest BCUT2D eigenvalue weighted by Crippen LogP contribution is -2.13. The van der Waals surface area contributed by atoms with E-state index in [9.17, 15) is 4.79 Å². The molecule has 1 aromatic carbocycles. The van der Waals surface area contributed by atoms with E-state index in [1.165, 1.54) is 12.7 Å². The first-order chi connectivity index (χ1) is 9.19. The van der Waals surface area contributed by atoms with Gasteiger partial charge in [-0.2, -0.15) is 0 Å². The molecule has 0 unspecified atom stereocenters.